The molecule has 9 nitrogen and oxygen atoms in total. The Hall–Kier alpha value is -2.42. The Morgan fingerprint density at radius 2 is 1.61 bits per heavy atom. The topological polar surface area (TPSA) is 127 Å². The largest absolute Gasteiger partial charge is 0.483 e. The SMILES string of the molecule is CN(C)CCN(Cc1cnc[nH]1)C(=O)CC12CC3CC(CC(C3)C1)C2.O=CO.O=CO. The average molecular weight is 437 g/mol. The van der Waals surface area contributed by atoms with Crippen LogP contribution in [0.5, 0.6) is 0 Å². The van der Waals surface area contributed by atoms with E-state index in [0.717, 1.165) is 43.0 Å². The predicted octanol–water partition coefficient (Wildman–Crippen LogP) is 2.31. The molecule has 0 unspecified atom stereocenters. The second-order valence-electron chi connectivity index (χ2n) is 9.50. The number of rotatable bonds is 7. The molecule has 1 aromatic rings. The van der Waals surface area contributed by atoms with Crippen molar-refractivity contribution in [2.24, 2.45) is 23.2 Å². The van der Waals surface area contributed by atoms with Gasteiger partial charge in [-0.05, 0) is 75.8 Å². The molecule has 5 rings (SSSR count). The van der Waals surface area contributed by atoms with Gasteiger partial charge >= 0.3 is 0 Å². The van der Waals surface area contributed by atoms with Crippen LogP contribution in [-0.4, -0.2) is 76.0 Å². The van der Waals surface area contributed by atoms with Gasteiger partial charge in [-0.3, -0.25) is 14.4 Å². The first-order chi connectivity index (χ1) is 14.8. The molecule has 4 fully saturated rings. The Labute approximate surface area is 183 Å². The van der Waals surface area contributed by atoms with E-state index in [1.165, 1.54) is 38.5 Å². The van der Waals surface area contributed by atoms with Crippen LogP contribution in [-0.2, 0) is 20.9 Å². The van der Waals surface area contributed by atoms with Crippen LogP contribution in [0.25, 0.3) is 0 Å². The van der Waals surface area contributed by atoms with Crippen LogP contribution in [0.15, 0.2) is 12.5 Å². The summed E-state index contributed by atoms with van der Waals surface area (Å²) in [7, 11) is 4.13. The molecule has 0 atom stereocenters. The highest BCUT2D eigenvalue weighted by Gasteiger charge is 2.51. The van der Waals surface area contributed by atoms with Gasteiger partial charge in [0.2, 0.25) is 5.91 Å². The number of imidazole rings is 1. The summed E-state index contributed by atoms with van der Waals surface area (Å²) in [5.74, 6) is 3.06. The Morgan fingerprint density at radius 3 is 2.03 bits per heavy atom. The summed E-state index contributed by atoms with van der Waals surface area (Å²) < 4.78 is 0. The summed E-state index contributed by atoms with van der Waals surface area (Å²) >= 11 is 0. The number of aromatic nitrogens is 2. The fourth-order valence-corrected chi connectivity index (χ4v) is 6.13. The lowest BCUT2D eigenvalue weighted by Crippen LogP contribution is -2.48. The molecule has 0 aliphatic heterocycles. The fraction of sp³-hybridized carbons (Fsp3) is 0.727. The van der Waals surface area contributed by atoms with E-state index < -0.39 is 0 Å². The molecule has 1 aromatic heterocycles. The second kappa shape index (κ2) is 11.8. The van der Waals surface area contributed by atoms with Gasteiger partial charge in [-0.25, -0.2) is 4.98 Å². The first kappa shape index (κ1) is 24.8. The van der Waals surface area contributed by atoms with Crippen molar-refractivity contribution in [1.82, 2.24) is 19.8 Å². The number of carbonyl (C=O) groups is 3. The molecular formula is C22H36N4O5. The summed E-state index contributed by atoms with van der Waals surface area (Å²) in [6.07, 6.45) is 12.5. The van der Waals surface area contributed by atoms with Crippen LogP contribution in [0, 0.1) is 23.2 Å². The highest BCUT2D eigenvalue weighted by molar-refractivity contribution is 5.77. The quantitative estimate of drug-likeness (QED) is 0.560. The maximum atomic E-state index is 13.2. The number of aromatic amines is 1. The van der Waals surface area contributed by atoms with Gasteiger partial charge < -0.3 is 25.0 Å². The molecule has 0 radical (unpaired) electrons. The van der Waals surface area contributed by atoms with Crippen molar-refractivity contribution in [3.05, 3.63) is 18.2 Å². The van der Waals surface area contributed by atoms with E-state index in [1.54, 1.807) is 6.33 Å². The van der Waals surface area contributed by atoms with Gasteiger partial charge in [-0.1, -0.05) is 0 Å². The number of hydrogen-bond donors (Lipinski definition) is 3. The van der Waals surface area contributed by atoms with Crippen molar-refractivity contribution in [3.8, 4) is 0 Å². The number of H-pyrrole nitrogens is 1. The number of hydrogen-bond acceptors (Lipinski definition) is 5. The van der Waals surface area contributed by atoms with Gasteiger partial charge in [0, 0.05) is 25.7 Å². The number of amides is 1. The standard InChI is InChI=1S/C20H32N4O.2CH2O2/c1-23(2)3-4-24(13-18-12-21-14-22-18)19(25)11-20-8-15-5-16(9-20)7-17(6-15)10-20;2*2-1-3/h12,14-17H,3-11,13H2,1-2H3,(H,21,22);2*1H,(H,2,3). The van der Waals surface area contributed by atoms with Crippen LogP contribution in [0.4, 0.5) is 0 Å². The van der Waals surface area contributed by atoms with E-state index in [1.807, 2.05) is 11.1 Å². The minimum atomic E-state index is -0.250. The Morgan fingerprint density at radius 1 is 1.10 bits per heavy atom. The first-order valence-corrected chi connectivity index (χ1v) is 10.9. The van der Waals surface area contributed by atoms with E-state index in [0.29, 0.717) is 17.9 Å². The molecule has 0 spiro atoms. The highest BCUT2D eigenvalue weighted by atomic mass is 16.3. The minimum absolute atomic E-state index is 0.250. The summed E-state index contributed by atoms with van der Waals surface area (Å²) in [6.45, 7) is 1.84. The van der Waals surface area contributed by atoms with Gasteiger partial charge in [0.25, 0.3) is 12.9 Å². The molecule has 3 N–H and O–H groups in total. The second-order valence-corrected chi connectivity index (χ2v) is 9.50. The van der Waals surface area contributed by atoms with Crippen molar-refractivity contribution in [3.63, 3.8) is 0 Å². The summed E-state index contributed by atoms with van der Waals surface area (Å²) in [5.41, 5.74) is 1.34. The number of nitrogens with zero attached hydrogens (tertiary/aromatic N) is 3. The lowest BCUT2D eigenvalue weighted by molar-refractivity contribution is -0.140. The molecule has 4 saturated carbocycles. The molecule has 4 bridgehead atoms. The maximum Gasteiger partial charge on any atom is 0.290 e. The van der Waals surface area contributed by atoms with E-state index in [2.05, 4.69) is 29.0 Å². The zero-order valence-electron chi connectivity index (χ0n) is 18.6. The normalized spacial score (nSPS) is 27.5. The van der Waals surface area contributed by atoms with Crippen LogP contribution >= 0.6 is 0 Å². The Bertz CT molecular complexity index is 651. The van der Waals surface area contributed by atoms with Crippen LogP contribution < -0.4 is 0 Å². The highest BCUT2D eigenvalue weighted by Crippen LogP contribution is 2.61. The van der Waals surface area contributed by atoms with E-state index >= 15 is 0 Å². The zero-order valence-corrected chi connectivity index (χ0v) is 18.6. The Balaban J connectivity index is 0.000000513. The van der Waals surface area contributed by atoms with E-state index in [4.69, 9.17) is 19.8 Å². The molecule has 0 aromatic carbocycles. The third-order valence-corrected chi connectivity index (χ3v) is 6.78. The van der Waals surface area contributed by atoms with Gasteiger partial charge in [-0.2, -0.15) is 0 Å². The molecule has 0 saturated heterocycles. The van der Waals surface area contributed by atoms with E-state index in [9.17, 15) is 4.79 Å². The maximum absolute atomic E-state index is 13.2. The Kier molecular flexibility index (Phi) is 9.48. The first-order valence-electron chi connectivity index (χ1n) is 10.9. The van der Waals surface area contributed by atoms with Crippen LogP contribution in [0.1, 0.15) is 50.6 Å². The van der Waals surface area contributed by atoms with Gasteiger partial charge in [0.1, 0.15) is 0 Å². The molecule has 9 heteroatoms. The summed E-state index contributed by atoms with van der Waals surface area (Å²) in [6, 6.07) is 0. The number of nitrogens with one attached hydrogen (secondary N) is 1. The monoisotopic (exact) mass is 436 g/mol. The number of likely N-dealkylation sites (N-methyl/N-ethyl adjacent to an activating group) is 1. The molecule has 174 valence electrons. The smallest absolute Gasteiger partial charge is 0.290 e. The lowest BCUT2D eigenvalue weighted by atomic mass is 9.49. The van der Waals surface area contributed by atoms with Crippen molar-refractivity contribution in [2.45, 2.75) is 51.5 Å². The molecule has 31 heavy (non-hydrogen) atoms. The number of carboxylic acid groups (broad SMARTS) is 2. The van der Waals surface area contributed by atoms with E-state index in [-0.39, 0.29) is 12.9 Å². The molecular weight excluding hydrogens is 400 g/mol. The van der Waals surface area contributed by atoms with Crippen molar-refractivity contribution >= 4 is 18.9 Å². The van der Waals surface area contributed by atoms with Crippen molar-refractivity contribution < 1.29 is 24.6 Å². The van der Waals surface area contributed by atoms with Crippen LogP contribution in [0.2, 0.25) is 0 Å². The third kappa shape index (κ3) is 7.34. The molecule has 4 aliphatic rings. The van der Waals surface area contributed by atoms with Gasteiger partial charge in [0.05, 0.1) is 18.6 Å². The summed E-state index contributed by atoms with van der Waals surface area (Å²) in [4.78, 5) is 41.4. The number of carbonyl (C=O) groups excluding carboxylic acids is 1. The van der Waals surface area contributed by atoms with Gasteiger partial charge in [0.15, 0.2) is 0 Å². The predicted molar refractivity (Wildman–Crippen MR) is 115 cm³/mol. The molecule has 1 heterocycles. The van der Waals surface area contributed by atoms with Crippen molar-refractivity contribution in [2.75, 3.05) is 27.2 Å². The minimum Gasteiger partial charge on any atom is -0.483 e. The lowest BCUT2D eigenvalue weighted by Gasteiger charge is -2.57. The van der Waals surface area contributed by atoms with Crippen LogP contribution in [0.3, 0.4) is 0 Å². The molecule has 1 amide bonds. The fourth-order valence-electron chi connectivity index (χ4n) is 6.13. The molecule has 4 aliphatic carbocycles. The summed E-state index contributed by atoms with van der Waals surface area (Å²) in [5, 5.41) is 13.8. The van der Waals surface area contributed by atoms with Crippen molar-refractivity contribution in [1.29, 1.82) is 0 Å². The zero-order chi connectivity index (χ0) is 22.9. The third-order valence-electron chi connectivity index (χ3n) is 6.78. The van der Waals surface area contributed by atoms with Gasteiger partial charge in [-0.15, -0.1) is 0 Å². The average Bonchev–Trinajstić information content (AvgIpc) is 3.18.